The summed E-state index contributed by atoms with van der Waals surface area (Å²) in [5.74, 6) is 0.302. The largest absolute Gasteiger partial charge is 0.469 e. The minimum Gasteiger partial charge on any atom is -0.469 e. The first-order chi connectivity index (χ1) is 10.1. The zero-order chi connectivity index (χ0) is 17.0. The van der Waals surface area contributed by atoms with Crippen molar-refractivity contribution in [1.82, 2.24) is 0 Å². The van der Waals surface area contributed by atoms with Crippen molar-refractivity contribution in [2.24, 2.45) is 17.1 Å². The number of rotatable bonds is 2. The first kappa shape index (κ1) is 18.9. The molecular weight excluding hydrogens is 282 g/mol. The van der Waals surface area contributed by atoms with Gasteiger partial charge in [0, 0.05) is 13.0 Å². The van der Waals surface area contributed by atoms with Crippen LogP contribution in [0.2, 0.25) is 0 Å². The molecule has 0 bridgehead atoms. The molecule has 2 rings (SSSR count). The summed E-state index contributed by atoms with van der Waals surface area (Å²) in [6.45, 7) is 6.93. The van der Waals surface area contributed by atoms with Crippen LogP contribution in [0, 0.1) is 11.3 Å². The lowest BCUT2D eigenvalue weighted by Crippen LogP contribution is -2.41. The van der Waals surface area contributed by atoms with Crippen molar-refractivity contribution < 1.29 is 19.1 Å². The van der Waals surface area contributed by atoms with E-state index in [1.165, 1.54) is 33.3 Å². The van der Waals surface area contributed by atoms with Crippen molar-refractivity contribution in [3.05, 3.63) is 0 Å². The number of carbonyl (C=O) groups is 2. The summed E-state index contributed by atoms with van der Waals surface area (Å²) in [5, 5.41) is 0. The predicted molar refractivity (Wildman–Crippen MR) is 85.1 cm³/mol. The second-order valence-corrected chi connectivity index (χ2v) is 7.48. The van der Waals surface area contributed by atoms with E-state index in [9.17, 15) is 9.59 Å². The molecule has 0 heterocycles. The van der Waals surface area contributed by atoms with E-state index < -0.39 is 0 Å². The molecule has 2 fully saturated rings. The monoisotopic (exact) mass is 313 g/mol. The number of hydrogen-bond donors (Lipinski definition) is 1. The summed E-state index contributed by atoms with van der Waals surface area (Å²) in [6, 6.07) is 0.203. The highest BCUT2D eigenvalue weighted by atomic mass is 16.6. The third kappa shape index (κ3) is 4.97. The third-order valence-corrected chi connectivity index (χ3v) is 4.52. The molecule has 0 aliphatic heterocycles. The van der Waals surface area contributed by atoms with Crippen LogP contribution in [0.25, 0.3) is 0 Å². The predicted octanol–water partition coefficient (Wildman–Crippen LogP) is 2.81. The van der Waals surface area contributed by atoms with Crippen LogP contribution in [0.3, 0.4) is 0 Å². The van der Waals surface area contributed by atoms with Crippen LogP contribution in [-0.4, -0.2) is 30.7 Å². The van der Waals surface area contributed by atoms with Crippen molar-refractivity contribution in [2.75, 3.05) is 7.11 Å². The van der Waals surface area contributed by atoms with Gasteiger partial charge in [0.2, 0.25) is 0 Å². The molecule has 2 aliphatic rings. The standard InChI is InChI=1S/C11H19NO2.C6H12O2/c1-14-10(13)11(8-3-2-4-8)6-5-9(12)7-11;1-5(7)8-6(2,3)4/h8-9H,2-7,12H2,1H3;1-4H3/t9-,11+;/m1./s1. The summed E-state index contributed by atoms with van der Waals surface area (Å²) >= 11 is 0. The Labute approximate surface area is 133 Å². The Balaban J connectivity index is 0.000000261. The van der Waals surface area contributed by atoms with Crippen molar-refractivity contribution >= 4 is 11.9 Å². The van der Waals surface area contributed by atoms with Crippen molar-refractivity contribution in [3.8, 4) is 0 Å². The van der Waals surface area contributed by atoms with E-state index in [-0.39, 0.29) is 29.0 Å². The lowest BCUT2D eigenvalue weighted by atomic mass is 9.64. The third-order valence-electron chi connectivity index (χ3n) is 4.52. The highest BCUT2D eigenvalue weighted by Gasteiger charge is 2.52. The van der Waals surface area contributed by atoms with Crippen molar-refractivity contribution in [1.29, 1.82) is 0 Å². The van der Waals surface area contributed by atoms with Gasteiger partial charge in [-0.05, 0) is 58.8 Å². The molecule has 2 atom stereocenters. The normalized spacial score (nSPS) is 28.2. The molecule has 128 valence electrons. The number of ether oxygens (including phenoxy) is 2. The van der Waals surface area contributed by atoms with Gasteiger partial charge >= 0.3 is 11.9 Å². The van der Waals surface area contributed by atoms with Crippen molar-refractivity contribution in [2.45, 2.75) is 77.9 Å². The number of carbonyl (C=O) groups excluding carboxylic acids is 2. The highest BCUT2D eigenvalue weighted by Crippen LogP contribution is 2.52. The smallest absolute Gasteiger partial charge is 0.312 e. The number of nitrogens with two attached hydrogens (primary N) is 1. The average Bonchev–Trinajstić information content (AvgIpc) is 2.66. The Hall–Kier alpha value is -1.10. The molecule has 0 radical (unpaired) electrons. The van der Waals surface area contributed by atoms with Gasteiger partial charge < -0.3 is 15.2 Å². The zero-order valence-electron chi connectivity index (χ0n) is 14.6. The summed E-state index contributed by atoms with van der Waals surface area (Å²) in [6.07, 6.45) is 6.38. The fraction of sp³-hybridized carbons (Fsp3) is 0.882. The van der Waals surface area contributed by atoms with E-state index in [4.69, 9.17) is 15.2 Å². The Kier molecular flexibility index (Phi) is 6.41. The SMILES string of the molecule is CC(=O)OC(C)(C)C.COC(=O)[C@@]1(C2CCC2)CC[C@@H](N)C1. The molecule has 0 amide bonds. The molecule has 2 aliphatic carbocycles. The fourth-order valence-electron chi connectivity index (χ4n) is 3.43. The first-order valence-corrected chi connectivity index (χ1v) is 8.14. The first-order valence-electron chi connectivity index (χ1n) is 8.14. The van der Waals surface area contributed by atoms with Gasteiger partial charge in [-0.3, -0.25) is 9.59 Å². The Morgan fingerprint density at radius 2 is 1.77 bits per heavy atom. The molecule has 2 saturated carbocycles. The van der Waals surface area contributed by atoms with E-state index >= 15 is 0 Å². The fourth-order valence-corrected chi connectivity index (χ4v) is 3.43. The van der Waals surface area contributed by atoms with Crippen LogP contribution in [0.5, 0.6) is 0 Å². The lowest BCUT2D eigenvalue weighted by Gasteiger charge is -2.40. The molecule has 2 N–H and O–H groups in total. The molecular formula is C17H31NO4. The number of hydrogen-bond acceptors (Lipinski definition) is 5. The van der Waals surface area contributed by atoms with E-state index in [0.717, 1.165) is 19.3 Å². The lowest BCUT2D eigenvalue weighted by molar-refractivity contribution is -0.158. The topological polar surface area (TPSA) is 78.6 Å². The zero-order valence-corrected chi connectivity index (χ0v) is 14.6. The molecule has 0 saturated heterocycles. The maximum Gasteiger partial charge on any atom is 0.312 e. The molecule has 5 nitrogen and oxygen atoms in total. The Morgan fingerprint density at radius 1 is 1.18 bits per heavy atom. The average molecular weight is 313 g/mol. The second-order valence-electron chi connectivity index (χ2n) is 7.48. The molecule has 0 aromatic heterocycles. The van der Waals surface area contributed by atoms with Gasteiger partial charge in [0.15, 0.2) is 0 Å². The summed E-state index contributed by atoms with van der Waals surface area (Å²) in [7, 11) is 1.49. The van der Waals surface area contributed by atoms with Gasteiger partial charge in [-0.15, -0.1) is 0 Å². The molecule has 0 aromatic rings. The van der Waals surface area contributed by atoms with E-state index in [1.54, 1.807) is 0 Å². The minimum absolute atomic E-state index is 0.0184. The van der Waals surface area contributed by atoms with Crippen molar-refractivity contribution in [3.63, 3.8) is 0 Å². The Bertz CT molecular complexity index is 398. The summed E-state index contributed by atoms with van der Waals surface area (Å²) in [5.41, 5.74) is 5.37. The summed E-state index contributed by atoms with van der Waals surface area (Å²) in [4.78, 5) is 22.1. The molecule has 0 unspecified atom stereocenters. The van der Waals surface area contributed by atoms with Gasteiger partial charge in [0.1, 0.15) is 5.60 Å². The van der Waals surface area contributed by atoms with E-state index in [2.05, 4.69) is 0 Å². The second kappa shape index (κ2) is 7.44. The van der Waals surface area contributed by atoms with Crippen LogP contribution < -0.4 is 5.73 Å². The maximum absolute atomic E-state index is 11.8. The minimum atomic E-state index is -0.328. The van der Waals surface area contributed by atoms with Crippen LogP contribution in [0.4, 0.5) is 0 Å². The number of methoxy groups -OCH3 is 1. The van der Waals surface area contributed by atoms with Gasteiger partial charge in [-0.2, -0.15) is 0 Å². The van der Waals surface area contributed by atoms with Crippen LogP contribution in [0.15, 0.2) is 0 Å². The van der Waals surface area contributed by atoms with Crippen LogP contribution in [0.1, 0.15) is 66.2 Å². The van der Waals surface area contributed by atoms with E-state index in [1.807, 2.05) is 20.8 Å². The van der Waals surface area contributed by atoms with Gasteiger partial charge in [-0.1, -0.05) is 6.42 Å². The van der Waals surface area contributed by atoms with Crippen LogP contribution in [-0.2, 0) is 19.1 Å². The van der Waals surface area contributed by atoms with Gasteiger partial charge in [-0.25, -0.2) is 0 Å². The quantitative estimate of drug-likeness (QED) is 0.793. The molecule has 0 spiro atoms. The highest BCUT2D eigenvalue weighted by molar-refractivity contribution is 5.77. The van der Waals surface area contributed by atoms with Gasteiger partial charge in [0.25, 0.3) is 0 Å². The van der Waals surface area contributed by atoms with Crippen LogP contribution >= 0.6 is 0 Å². The molecule has 5 heteroatoms. The van der Waals surface area contributed by atoms with E-state index in [0.29, 0.717) is 5.92 Å². The molecule has 0 aromatic carbocycles. The van der Waals surface area contributed by atoms with Gasteiger partial charge in [0.05, 0.1) is 12.5 Å². The summed E-state index contributed by atoms with van der Waals surface area (Å²) < 4.78 is 9.75. The number of esters is 2. The maximum atomic E-state index is 11.8. The Morgan fingerprint density at radius 3 is 2.00 bits per heavy atom. The molecule has 22 heavy (non-hydrogen) atoms.